The monoisotopic (exact) mass is 584 g/mol. The van der Waals surface area contributed by atoms with E-state index in [2.05, 4.69) is 34.5 Å². The second-order valence-corrected chi connectivity index (χ2v) is 11.4. The molecule has 1 fully saturated rings. The summed E-state index contributed by atoms with van der Waals surface area (Å²) in [6, 6.07) is 31.5. The number of halogens is 2. The van der Waals surface area contributed by atoms with Crippen LogP contribution >= 0.6 is 23.2 Å². The molecule has 4 aromatic rings. The van der Waals surface area contributed by atoms with Crippen LogP contribution in [0.3, 0.4) is 0 Å². The molecule has 41 heavy (non-hydrogen) atoms. The maximum atomic E-state index is 13.4. The summed E-state index contributed by atoms with van der Waals surface area (Å²) in [7, 11) is 0. The van der Waals surface area contributed by atoms with Crippen molar-refractivity contribution in [3.63, 3.8) is 0 Å². The van der Waals surface area contributed by atoms with Crippen LogP contribution < -0.4 is 10.2 Å². The molecule has 210 valence electrons. The molecule has 1 amide bonds. The predicted molar refractivity (Wildman–Crippen MR) is 169 cm³/mol. The fourth-order valence-corrected chi connectivity index (χ4v) is 6.12. The maximum Gasteiger partial charge on any atom is 0.227 e. The highest BCUT2D eigenvalue weighted by Gasteiger charge is 2.32. The van der Waals surface area contributed by atoms with Crippen LogP contribution in [0.4, 0.5) is 5.69 Å². The van der Waals surface area contributed by atoms with Gasteiger partial charge in [-0.15, -0.1) is 0 Å². The van der Waals surface area contributed by atoms with Gasteiger partial charge in [0.05, 0.1) is 16.0 Å². The van der Waals surface area contributed by atoms with Gasteiger partial charge in [-0.25, -0.2) is 0 Å². The first-order valence-corrected chi connectivity index (χ1v) is 14.9. The molecule has 1 saturated heterocycles. The molecule has 1 unspecified atom stereocenters. The maximum absolute atomic E-state index is 13.4. The lowest BCUT2D eigenvalue weighted by Crippen LogP contribution is -2.40. The minimum atomic E-state index is -0.126. The Kier molecular flexibility index (Phi) is 9.43. The van der Waals surface area contributed by atoms with E-state index in [0.717, 1.165) is 53.9 Å². The van der Waals surface area contributed by atoms with Crippen molar-refractivity contribution < 1.29 is 9.59 Å². The van der Waals surface area contributed by atoms with Crippen molar-refractivity contribution in [2.75, 3.05) is 24.5 Å². The summed E-state index contributed by atoms with van der Waals surface area (Å²) < 4.78 is 0. The molecule has 0 aliphatic carbocycles. The van der Waals surface area contributed by atoms with Gasteiger partial charge < -0.3 is 10.2 Å². The number of piperidine rings is 1. The molecule has 5 rings (SSSR count). The predicted octanol–water partition coefficient (Wildman–Crippen LogP) is 8.22. The average molecular weight is 586 g/mol. The number of anilines is 1. The molecule has 1 aliphatic heterocycles. The molecule has 1 atom stereocenters. The number of Topliss-reactive ketones (excluding diaryl/α,β-unsaturated/α-hetero) is 1. The van der Waals surface area contributed by atoms with Crippen molar-refractivity contribution in [3.8, 4) is 11.1 Å². The summed E-state index contributed by atoms with van der Waals surface area (Å²) in [5.41, 5.74) is 5.58. The number of nitrogens with zero attached hydrogens (tertiary/aromatic N) is 1. The number of hydrogen-bond acceptors (Lipinski definition) is 3. The van der Waals surface area contributed by atoms with Gasteiger partial charge in [0.25, 0.3) is 0 Å². The van der Waals surface area contributed by atoms with E-state index in [-0.39, 0.29) is 17.6 Å². The largest absolute Gasteiger partial charge is 0.372 e. The van der Waals surface area contributed by atoms with Gasteiger partial charge in [-0.1, -0.05) is 96.0 Å². The highest BCUT2D eigenvalue weighted by atomic mass is 35.5. The normalized spacial score (nSPS) is 14.5. The molecule has 1 heterocycles. The molecule has 0 bridgehead atoms. The van der Waals surface area contributed by atoms with Crippen LogP contribution in [-0.2, 0) is 11.2 Å². The number of nitrogens with one attached hydrogen (secondary N) is 1. The second kappa shape index (κ2) is 13.4. The summed E-state index contributed by atoms with van der Waals surface area (Å²) in [5.74, 6) is 0.343. The van der Waals surface area contributed by atoms with E-state index in [0.29, 0.717) is 34.5 Å². The first-order chi connectivity index (χ1) is 19.9. The summed E-state index contributed by atoms with van der Waals surface area (Å²) in [4.78, 5) is 28.7. The number of hydrogen-bond donors (Lipinski definition) is 1. The van der Waals surface area contributed by atoms with Gasteiger partial charge in [-0.3, -0.25) is 9.59 Å². The number of benzene rings is 4. The Balaban J connectivity index is 1.24. The molecule has 0 spiro atoms. The zero-order valence-electron chi connectivity index (χ0n) is 23.2. The fraction of sp³-hybridized carbons (Fsp3) is 0.257. The van der Waals surface area contributed by atoms with E-state index in [1.54, 1.807) is 12.1 Å². The Morgan fingerprint density at radius 3 is 2.22 bits per heavy atom. The van der Waals surface area contributed by atoms with Crippen LogP contribution in [0.2, 0.25) is 10.0 Å². The molecule has 0 saturated carbocycles. The van der Waals surface area contributed by atoms with E-state index in [9.17, 15) is 9.59 Å². The van der Waals surface area contributed by atoms with Gasteiger partial charge in [0.1, 0.15) is 0 Å². The van der Waals surface area contributed by atoms with Crippen molar-refractivity contribution in [1.82, 2.24) is 5.32 Å². The van der Waals surface area contributed by atoms with E-state index < -0.39 is 0 Å². The van der Waals surface area contributed by atoms with Crippen molar-refractivity contribution in [3.05, 3.63) is 124 Å². The topological polar surface area (TPSA) is 49.4 Å². The Labute approximate surface area is 252 Å². The van der Waals surface area contributed by atoms with Crippen LogP contribution in [0.25, 0.3) is 11.1 Å². The molecule has 0 aromatic heterocycles. The van der Waals surface area contributed by atoms with Crippen molar-refractivity contribution in [2.24, 2.45) is 5.92 Å². The molecule has 1 aliphatic rings. The minimum Gasteiger partial charge on any atom is -0.372 e. The Morgan fingerprint density at radius 2 is 1.54 bits per heavy atom. The second-order valence-electron chi connectivity index (χ2n) is 10.5. The fourth-order valence-electron chi connectivity index (χ4n) is 5.82. The van der Waals surface area contributed by atoms with Gasteiger partial charge in [-0.2, -0.15) is 0 Å². The van der Waals surface area contributed by atoms with E-state index in [4.69, 9.17) is 23.2 Å². The first-order valence-electron chi connectivity index (χ1n) is 14.2. The van der Waals surface area contributed by atoms with Crippen LogP contribution in [-0.4, -0.2) is 31.3 Å². The van der Waals surface area contributed by atoms with Gasteiger partial charge in [0.15, 0.2) is 5.78 Å². The van der Waals surface area contributed by atoms with Crippen molar-refractivity contribution >= 4 is 40.6 Å². The van der Waals surface area contributed by atoms with Crippen molar-refractivity contribution in [1.29, 1.82) is 0 Å². The quantitative estimate of drug-likeness (QED) is 0.201. The number of rotatable bonds is 9. The SMILES string of the molecule is CCNC(=O)C(c1ccccc1)C1CCN(c2ccc(CC(=O)c3ccccc3-c3ccc(Cl)c(Cl)c3)cc2)CC1. The zero-order chi connectivity index (χ0) is 28.8. The van der Waals surface area contributed by atoms with Crippen molar-refractivity contribution in [2.45, 2.75) is 32.1 Å². The average Bonchev–Trinajstić information content (AvgIpc) is 3.00. The highest BCUT2D eigenvalue weighted by Crippen LogP contribution is 2.35. The molecule has 1 N–H and O–H groups in total. The van der Waals surface area contributed by atoms with Crippen LogP contribution in [0, 0.1) is 5.92 Å². The lowest BCUT2D eigenvalue weighted by atomic mass is 9.79. The Hall–Kier alpha value is -3.60. The number of likely N-dealkylation sites (N-methyl/N-ethyl adjacent to an activating group) is 1. The van der Waals surface area contributed by atoms with Crippen LogP contribution in [0.1, 0.15) is 47.2 Å². The number of carbonyl (C=O) groups is 2. The van der Waals surface area contributed by atoms with E-state index in [1.165, 1.54) is 0 Å². The van der Waals surface area contributed by atoms with Gasteiger partial charge in [0.2, 0.25) is 5.91 Å². The van der Waals surface area contributed by atoms with E-state index >= 15 is 0 Å². The Morgan fingerprint density at radius 1 is 0.854 bits per heavy atom. The molecule has 4 nitrogen and oxygen atoms in total. The van der Waals surface area contributed by atoms with Gasteiger partial charge in [0, 0.05) is 37.3 Å². The Bertz CT molecular complexity index is 1500. The third-order valence-electron chi connectivity index (χ3n) is 7.93. The summed E-state index contributed by atoms with van der Waals surface area (Å²) in [6.45, 7) is 4.39. The van der Waals surface area contributed by atoms with Crippen LogP contribution in [0.5, 0.6) is 0 Å². The molecular formula is C35H34Cl2N2O2. The smallest absolute Gasteiger partial charge is 0.227 e. The molecular weight excluding hydrogens is 551 g/mol. The lowest BCUT2D eigenvalue weighted by molar-refractivity contribution is -0.123. The first kappa shape index (κ1) is 28.9. The number of carbonyl (C=O) groups excluding carboxylic acids is 2. The third kappa shape index (κ3) is 6.83. The zero-order valence-corrected chi connectivity index (χ0v) is 24.7. The van der Waals surface area contributed by atoms with Gasteiger partial charge in [-0.05, 0) is 72.2 Å². The molecule has 0 radical (unpaired) electrons. The van der Waals surface area contributed by atoms with Crippen LogP contribution in [0.15, 0.2) is 97.1 Å². The number of ketones is 1. The van der Waals surface area contributed by atoms with E-state index in [1.807, 2.05) is 67.6 Å². The summed E-state index contributed by atoms with van der Waals surface area (Å²) >= 11 is 12.3. The summed E-state index contributed by atoms with van der Waals surface area (Å²) in [5, 5.41) is 4.00. The summed E-state index contributed by atoms with van der Waals surface area (Å²) in [6.07, 6.45) is 2.21. The standard InChI is InChI=1S/C35H34Cl2N2O2/c1-2-38-35(41)34(25-8-4-3-5-9-25)26-18-20-39(21-19-26)28-15-12-24(13-16-28)22-33(40)30-11-7-6-10-29(30)27-14-17-31(36)32(37)23-27/h3-17,23,26,34H,2,18-22H2,1H3,(H,38,41). The minimum absolute atomic E-state index is 0.0533. The molecule has 4 aromatic carbocycles. The molecule has 6 heteroatoms. The highest BCUT2D eigenvalue weighted by molar-refractivity contribution is 6.42. The lowest BCUT2D eigenvalue weighted by Gasteiger charge is -2.37. The third-order valence-corrected chi connectivity index (χ3v) is 8.67. The van der Waals surface area contributed by atoms with Gasteiger partial charge >= 0.3 is 0 Å². The number of amides is 1.